The molecule has 1 heterocycles. The number of aliphatic hydroxyl groups is 2. The Kier molecular flexibility index (Phi) is 8.39. The first-order valence-corrected chi connectivity index (χ1v) is 12.2. The number of rotatable bonds is 12. The number of hydrogen-bond acceptors (Lipinski definition) is 3. The molecule has 5 heteroatoms. The largest absolute Gasteiger partial charge is 0.413 e. The summed E-state index contributed by atoms with van der Waals surface area (Å²) in [6.07, 6.45) is 4.13. The van der Waals surface area contributed by atoms with Crippen molar-refractivity contribution in [2.24, 2.45) is 0 Å². The average molecular weight is 385 g/mol. The first-order valence-electron chi connectivity index (χ1n) is 10.6. The van der Waals surface area contributed by atoms with Crippen LogP contribution in [0.1, 0.15) is 75.5 Å². The molecule has 1 rings (SSSR count). The van der Waals surface area contributed by atoms with E-state index in [1.165, 1.54) is 0 Å². The van der Waals surface area contributed by atoms with Crippen molar-refractivity contribution >= 4 is 8.32 Å². The van der Waals surface area contributed by atoms with E-state index in [-0.39, 0.29) is 19.1 Å². The van der Waals surface area contributed by atoms with Crippen LogP contribution >= 0.6 is 0 Å². The van der Waals surface area contributed by atoms with E-state index in [1.807, 2.05) is 31.5 Å². The van der Waals surface area contributed by atoms with Crippen LogP contribution < -0.4 is 0 Å². The van der Waals surface area contributed by atoms with E-state index in [0.717, 1.165) is 0 Å². The smallest absolute Gasteiger partial charge is 0.200 e. The minimum Gasteiger partial charge on any atom is -0.413 e. The molecular weight excluding hydrogens is 342 g/mol. The highest BCUT2D eigenvalue weighted by Crippen LogP contribution is 2.44. The molecule has 3 unspecified atom stereocenters. The lowest BCUT2D eigenvalue weighted by Gasteiger charge is -2.45. The van der Waals surface area contributed by atoms with E-state index in [4.69, 9.17) is 10.9 Å². The third-order valence-electron chi connectivity index (χ3n) is 5.62. The van der Waals surface area contributed by atoms with E-state index >= 15 is 0 Å². The molecular formula is C21H41NO3Si. The van der Waals surface area contributed by atoms with Crippen LogP contribution in [-0.2, 0) is 10.2 Å². The molecule has 2 N–H and O–H groups in total. The number of hydrogen-bond donors (Lipinski definition) is 2. The molecule has 0 amide bonds. The topological polar surface area (TPSA) is 54.6 Å². The summed E-state index contributed by atoms with van der Waals surface area (Å²) in [6.45, 7) is 15.6. The van der Waals surface area contributed by atoms with E-state index in [0.29, 0.717) is 29.5 Å². The van der Waals surface area contributed by atoms with Gasteiger partial charge >= 0.3 is 0 Å². The molecule has 26 heavy (non-hydrogen) atoms. The second kappa shape index (κ2) is 10.1. The Labute approximate surface area is 163 Å². The van der Waals surface area contributed by atoms with Crippen LogP contribution in [0.15, 0.2) is 24.5 Å². The van der Waals surface area contributed by atoms with Gasteiger partial charge < -0.3 is 19.2 Å². The summed E-state index contributed by atoms with van der Waals surface area (Å²) >= 11 is 0. The van der Waals surface area contributed by atoms with Crippen LogP contribution in [0, 0.1) is 0 Å². The maximum atomic E-state index is 11.4. The Bertz CT molecular complexity index is 514. The van der Waals surface area contributed by atoms with Gasteiger partial charge in [-0.15, -0.1) is 0 Å². The fraction of sp³-hybridized carbons (Fsp3) is 0.810. The van der Waals surface area contributed by atoms with Crippen LogP contribution in [0.5, 0.6) is 0 Å². The van der Waals surface area contributed by atoms with Crippen LogP contribution in [0.25, 0.3) is 0 Å². The average Bonchev–Trinajstić information content (AvgIpc) is 3.06. The first-order chi connectivity index (χ1) is 12.5. The lowest BCUT2D eigenvalue weighted by molar-refractivity contribution is -0.0789. The fourth-order valence-corrected chi connectivity index (χ4v) is 10.2. The standard InChI is InChI=1S/C21H41NO3Si/c1-17(2)26(18(3)4,19(5)6)25-20(7)16-21(24,12-8-11-15-23)22-13-9-10-14-22/h9-10,13-14,17-20,23-24H,8,11-12,15-16H2,1-7H3/i8D. The number of nitrogens with zero attached hydrogens (tertiary/aromatic N) is 1. The molecule has 0 saturated carbocycles. The molecule has 0 bridgehead atoms. The van der Waals surface area contributed by atoms with Crippen molar-refractivity contribution in [2.75, 3.05) is 6.61 Å². The van der Waals surface area contributed by atoms with Gasteiger partial charge in [-0.05, 0) is 54.9 Å². The molecule has 0 saturated heterocycles. The Morgan fingerprint density at radius 1 is 1.04 bits per heavy atom. The summed E-state index contributed by atoms with van der Waals surface area (Å²) in [6, 6.07) is 3.77. The molecule has 0 aliphatic carbocycles. The van der Waals surface area contributed by atoms with Crippen molar-refractivity contribution in [3.63, 3.8) is 0 Å². The lowest BCUT2D eigenvalue weighted by Crippen LogP contribution is -2.51. The van der Waals surface area contributed by atoms with Gasteiger partial charge in [0.2, 0.25) is 8.32 Å². The Morgan fingerprint density at radius 3 is 1.96 bits per heavy atom. The van der Waals surface area contributed by atoms with Gasteiger partial charge in [0.25, 0.3) is 0 Å². The molecule has 1 aromatic heterocycles. The third-order valence-corrected chi connectivity index (χ3v) is 11.8. The normalized spacial score (nSPS) is 18.2. The molecule has 1 aromatic rings. The lowest BCUT2D eigenvalue weighted by atomic mass is 9.99. The summed E-state index contributed by atoms with van der Waals surface area (Å²) in [4.78, 5) is 0. The molecule has 0 radical (unpaired) electrons. The zero-order valence-electron chi connectivity index (χ0n) is 18.8. The zero-order chi connectivity index (χ0) is 20.8. The highest BCUT2D eigenvalue weighted by atomic mass is 28.4. The van der Waals surface area contributed by atoms with Gasteiger partial charge in [-0.2, -0.15) is 0 Å². The summed E-state index contributed by atoms with van der Waals surface area (Å²) in [5, 5.41) is 20.6. The monoisotopic (exact) mass is 384 g/mol. The zero-order valence-corrected chi connectivity index (χ0v) is 18.8. The van der Waals surface area contributed by atoms with Gasteiger partial charge in [0.05, 0.1) is 0 Å². The van der Waals surface area contributed by atoms with Gasteiger partial charge in [-0.1, -0.05) is 41.5 Å². The maximum absolute atomic E-state index is 11.4. The SMILES string of the molecule is [2H]C(CCO)CC(O)(CC(C)O[Si](C(C)C)(C(C)C)C(C)C)n1cccc1. The molecule has 3 atom stereocenters. The minimum atomic E-state index is -2.04. The Balaban J connectivity index is 3.07. The second-order valence-corrected chi connectivity index (χ2v) is 13.9. The summed E-state index contributed by atoms with van der Waals surface area (Å²) in [7, 11) is -2.04. The summed E-state index contributed by atoms with van der Waals surface area (Å²) in [5.41, 5.74) is 0.268. The van der Waals surface area contributed by atoms with E-state index in [9.17, 15) is 5.11 Å². The molecule has 0 fully saturated rings. The van der Waals surface area contributed by atoms with Gasteiger partial charge in [-0.3, -0.25) is 0 Å². The van der Waals surface area contributed by atoms with Crippen LogP contribution in [0.4, 0.5) is 0 Å². The maximum Gasteiger partial charge on any atom is 0.200 e. The molecule has 0 aliphatic heterocycles. The van der Waals surface area contributed by atoms with Crippen molar-refractivity contribution in [1.29, 1.82) is 0 Å². The Hall–Kier alpha value is -0.623. The minimum absolute atomic E-state index is 0.0357. The van der Waals surface area contributed by atoms with Crippen molar-refractivity contribution in [1.82, 2.24) is 4.57 Å². The summed E-state index contributed by atoms with van der Waals surface area (Å²) in [5.74, 6) is 0. The molecule has 0 aliphatic rings. The van der Waals surface area contributed by atoms with E-state index in [2.05, 4.69) is 41.5 Å². The van der Waals surface area contributed by atoms with Crippen molar-refractivity contribution in [3.05, 3.63) is 24.5 Å². The van der Waals surface area contributed by atoms with Gasteiger partial charge in [0.15, 0.2) is 0 Å². The second-order valence-electron chi connectivity index (χ2n) is 8.53. The Morgan fingerprint density at radius 2 is 1.54 bits per heavy atom. The van der Waals surface area contributed by atoms with Crippen LogP contribution in [-0.4, -0.2) is 35.8 Å². The van der Waals surface area contributed by atoms with Crippen molar-refractivity contribution < 1.29 is 16.0 Å². The summed E-state index contributed by atoms with van der Waals surface area (Å²) < 4.78 is 16.8. The molecule has 4 nitrogen and oxygen atoms in total. The first kappa shape index (κ1) is 21.7. The predicted molar refractivity (Wildman–Crippen MR) is 112 cm³/mol. The third kappa shape index (κ3) is 5.44. The van der Waals surface area contributed by atoms with Gasteiger partial charge in [0, 0.05) is 32.9 Å². The highest BCUT2D eigenvalue weighted by molar-refractivity contribution is 6.77. The van der Waals surface area contributed by atoms with E-state index in [1.54, 1.807) is 4.57 Å². The molecule has 0 aromatic carbocycles. The predicted octanol–water partition coefficient (Wildman–Crippen LogP) is 5.27. The molecule has 152 valence electrons. The van der Waals surface area contributed by atoms with Crippen LogP contribution in [0.2, 0.25) is 16.6 Å². The highest BCUT2D eigenvalue weighted by Gasteiger charge is 2.47. The van der Waals surface area contributed by atoms with Crippen molar-refractivity contribution in [2.45, 2.75) is 103 Å². The van der Waals surface area contributed by atoms with E-state index < -0.39 is 20.4 Å². The number of aliphatic hydroxyl groups excluding tert-OH is 1. The van der Waals surface area contributed by atoms with Gasteiger partial charge in [0.1, 0.15) is 5.72 Å². The van der Waals surface area contributed by atoms with Crippen molar-refractivity contribution in [3.8, 4) is 0 Å². The fourth-order valence-electron chi connectivity index (χ4n) is 4.59. The number of aromatic nitrogens is 1. The van der Waals surface area contributed by atoms with Crippen LogP contribution in [0.3, 0.4) is 0 Å². The quantitative estimate of drug-likeness (QED) is 0.483. The molecule has 0 spiro atoms. The van der Waals surface area contributed by atoms with Gasteiger partial charge in [-0.25, -0.2) is 0 Å².